The Balaban J connectivity index is 1.62. The van der Waals surface area contributed by atoms with E-state index in [1.165, 1.54) is 4.90 Å². The Morgan fingerprint density at radius 1 is 1.17 bits per heavy atom. The molecule has 35 heavy (non-hydrogen) atoms. The normalized spacial score (nSPS) is 25.7. The predicted molar refractivity (Wildman–Crippen MR) is 134 cm³/mol. The zero-order valence-electron chi connectivity index (χ0n) is 21.1. The molecule has 2 aliphatic rings. The van der Waals surface area contributed by atoms with Crippen LogP contribution in [0.25, 0.3) is 0 Å². The molecule has 0 spiro atoms. The molecule has 4 rings (SSSR count). The Morgan fingerprint density at radius 3 is 2.54 bits per heavy atom. The van der Waals surface area contributed by atoms with Crippen molar-refractivity contribution in [2.45, 2.75) is 76.8 Å². The lowest BCUT2D eigenvalue weighted by Crippen LogP contribution is -2.62. The summed E-state index contributed by atoms with van der Waals surface area (Å²) in [4.78, 5) is 32.1. The number of aliphatic hydroxyl groups is 1. The minimum Gasteiger partial charge on any atom is -0.484 e. The van der Waals surface area contributed by atoms with Crippen LogP contribution in [0.1, 0.15) is 81.5 Å². The van der Waals surface area contributed by atoms with Crippen molar-refractivity contribution in [1.29, 1.82) is 0 Å². The van der Waals surface area contributed by atoms with Crippen LogP contribution in [0.15, 0.2) is 53.5 Å². The zero-order chi connectivity index (χ0) is 25.8. The number of hydrogen-bond acceptors (Lipinski definition) is 6. The second-order valence-electron chi connectivity index (χ2n) is 10.7. The SMILES string of the molecule is C[C@H](c1cccc(C(=O)NC2c3ccccc3OC(C)(C)C2(C)O)c1)N1C(=O)CC(C)(C)N=C1N. The molecule has 0 saturated carbocycles. The average molecular weight is 479 g/mol. The van der Waals surface area contributed by atoms with Crippen molar-refractivity contribution in [2.24, 2.45) is 10.7 Å². The molecule has 2 heterocycles. The number of benzene rings is 2. The van der Waals surface area contributed by atoms with E-state index in [-0.39, 0.29) is 24.2 Å². The van der Waals surface area contributed by atoms with Gasteiger partial charge >= 0.3 is 0 Å². The number of hydrogen-bond donors (Lipinski definition) is 3. The molecule has 0 fully saturated rings. The minimum atomic E-state index is -1.38. The summed E-state index contributed by atoms with van der Waals surface area (Å²) in [6, 6.07) is 13.4. The Bertz CT molecular complexity index is 1200. The summed E-state index contributed by atoms with van der Waals surface area (Å²) in [5.74, 6) is 0.343. The Morgan fingerprint density at radius 2 is 1.86 bits per heavy atom. The van der Waals surface area contributed by atoms with Gasteiger partial charge in [0.15, 0.2) is 5.96 Å². The highest BCUT2D eigenvalue weighted by Crippen LogP contribution is 2.46. The van der Waals surface area contributed by atoms with E-state index in [1.54, 1.807) is 39.0 Å². The van der Waals surface area contributed by atoms with Gasteiger partial charge in [-0.05, 0) is 65.3 Å². The molecule has 2 aliphatic heterocycles. The smallest absolute Gasteiger partial charge is 0.251 e. The summed E-state index contributed by atoms with van der Waals surface area (Å²) < 4.78 is 6.04. The predicted octanol–water partition coefficient (Wildman–Crippen LogP) is 3.47. The van der Waals surface area contributed by atoms with Crippen LogP contribution in [0.3, 0.4) is 0 Å². The molecule has 2 aromatic rings. The number of nitrogens with zero attached hydrogens (tertiary/aromatic N) is 2. The number of carbonyl (C=O) groups is 2. The first kappa shape index (κ1) is 24.7. The van der Waals surface area contributed by atoms with Gasteiger partial charge in [-0.15, -0.1) is 0 Å². The number of carbonyl (C=O) groups excluding carboxylic acids is 2. The summed E-state index contributed by atoms with van der Waals surface area (Å²) in [5, 5.41) is 14.4. The Labute approximate surface area is 206 Å². The molecule has 0 bridgehead atoms. The van der Waals surface area contributed by atoms with Gasteiger partial charge in [-0.1, -0.05) is 30.3 Å². The number of nitrogens with two attached hydrogens (primary N) is 1. The summed E-state index contributed by atoms with van der Waals surface area (Å²) in [7, 11) is 0. The van der Waals surface area contributed by atoms with Crippen molar-refractivity contribution in [2.75, 3.05) is 0 Å². The van der Waals surface area contributed by atoms with Gasteiger partial charge in [0, 0.05) is 11.1 Å². The first-order valence-electron chi connectivity index (χ1n) is 11.8. The molecule has 3 atom stereocenters. The van der Waals surface area contributed by atoms with Crippen LogP contribution in [0.2, 0.25) is 0 Å². The maximum Gasteiger partial charge on any atom is 0.251 e. The molecular weight excluding hydrogens is 444 g/mol. The number of amides is 2. The van der Waals surface area contributed by atoms with E-state index in [1.807, 2.05) is 51.1 Å². The number of para-hydroxylation sites is 1. The van der Waals surface area contributed by atoms with E-state index in [0.29, 0.717) is 16.9 Å². The molecule has 0 saturated heterocycles. The minimum absolute atomic E-state index is 0.109. The lowest BCUT2D eigenvalue weighted by atomic mass is 9.75. The highest BCUT2D eigenvalue weighted by molar-refractivity contribution is 5.99. The monoisotopic (exact) mass is 478 g/mol. The van der Waals surface area contributed by atoms with Gasteiger partial charge in [0.05, 0.1) is 24.0 Å². The molecule has 2 aromatic carbocycles. The zero-order valence-corrected chi connectivity index (χ0v) is 21.1. The molecule has 2 amide bonds. The Kier molecular flexibility index (Phi) is 5.92. The molecular formula is C27H34N4O4. The first-order chi connectivity index (χ1) is 16.2. The number of aliphatic imine (C=N–C) groups is 1. The van der Waals surface area contributed by atoms with Crippen LogP contribution < -0.4 is 15.8 Å². The van der Waals surface area contributed by atoms with Gasteiger partial charge in [0.2, 0.25) is 5.91 Å². The lowest BCUT2D eigenvalue weighted by molar-refractivity contribution is -0.137. The van der Waals surface area contributed by atoms with Crippen molar-refractivity contribution in [3.8, 4) is 5.75 Å². The number of fused-ring (bicyclic) bond motifs is 1. The molecule has 2 unspecified atom stereocenters. The van der Waals surface area contributed by atoms with E-state index in [9.17, 15) is 14.7 Å². The number of guanidine groups is 1. The molecule has 0 aliphatic carbocycles. The second kappa shape index (κ2) is 8.37. The molecule has 8 nitrogen and oxygen atoms in total. The fourth-order valence-corrected chi connectivity index (χ4v) is 4.76. The summed E-state index contributed by atoms with van der Waals surface area (Å²) in [6.07, 6.45) is 0.256. The fourth-order valence-electron chi connectivity index (χ4n) is 4.76. The van der Waals surface area contributed by atoms with Crippen LogP contribution in [-0.2, 0) is 4.79 Å². The summed E-state index contributed by atoms with van der Waals surface area (Å²) in [5.41, 5.74) is 5.16. The third-order valence-electron chi connectivity index (χ3n) is 7.19. The summed E-state index contributed by atoms with van der Waals surface area (Å²) in [6.45, 7) is 10.9. The fraction of sp³-hybridized carbons (Fsp3) is 0.444. The van der Waals surface area contributed by atoms with Crippen molar-refractivity contribution in [3.63, 3.8) is 0 Å². The first-order valence-corrected chi connectivity index (χ1v) is 11.8. The van der Waals surface area contributed by atoms with E-state index < -0.39 is 28.8 Å². The second-order valence-corrected chi connectivity index (χ2v) is 10.7. The van der Waals surface area contributed by atoms with Gasteiger partial charge in [-0.2, -0.15) is 0 Å². The largest absolute Gasteiger partial charge is 0.484 e. The van der Waals surface area contributed by atoms with Gasteiger partial charge in [0.25, 0.3) is 5.91 Å². The number of rotatable bonds is 4. The molecule has 4 N–H and O–H groups in total. The van der Waals surface area contributed by atoms with E-state index in [0.717, 1.165) is 5.56 Å². The van der Waals surface area contributed by atoms with Crippen molar-refractivity contribution >= 4 is 17.8 Å². The maximum atomic E-state index is 13.4. The topological polar surface area (TPSA) is 117 Å². The van der Waals surface area contributed by atoms with Crippen molar-refractivity contribution in [3.05, 3.63) is 65.2 Å². The standard InChI is InChI=1S/C27H34N4O4/c1-16(31-21(32)15-25(2,3)30-24(31)28)17-10-9-11-18(14-17)23(33)29-22-19-12-7-8-13-20(19)35-26(4,5)27(22,6)34/h7-14,16,22,34H,15H2,1-6H3,(H2,28,30)(H,29,33)/t16-,22?,27?/m1/s1. The van der Waals surface area contributed by atoms with Gasteiger partial charge < -0.3 is 20.9 Å². The van der Waals surface area contributed by atoms with E-state index in [2.05, 4.69) is 10.3 Å². The summed E-state index contributed by atoms with van der Waals surface area (Å²) >= 11 is 0. The van der Waals surface area contributed by atoms with Gasteiger partial charge in [-0.3, -0.25) is 14.5 Å². The van der Waals surface area contributed by atoms with Crippen LogP contribution in [0.4, 0.5) is 0 Å². The third-order valence-corrected chi connectivity index (χ3v) is 7.19. The van der Waals surface area contributed by atoms with Gasteiger partial charge in [-0.25, -0.2) is 4.99 Å². The van der Waals surface area contributed by atoms with Crippen molar-refractivity contribution in [1.82, 2.24) is 10.2 Å². The number of ether oxygens (including phenoxy) is 1. The molecule has 186 valence electrons. The third kappa shape index (κ3) is 4.38. The van der Waals surface area contributed by atoms with Crippen LogP contribution >= 0.6 is 0 Å². The van der Waals surface area contributed by atoms with Crippen LogP contribution in [0.5, 0.6) is 5.75 Å². The molecule has 8 heteroatoms. The lowest BCUT2D eigenvalue weighted by Gasteiger charge is -2.49. The van der Waals surface area contributed by atoms with E-state index >= 15 is 0 Å². The van der Waals surface area contributed by atoms with Crippen LogP contribution in [-0.4, -0.2) is 44.5 Å². The highest BCUT2D eigenvalue weighted by Gasteiger charge is 2.53. The van der Waals surface area contributed by atoms with Crippen LogP contribution in [0, 0.1) is 0 Å². The Hall–Kier alpha value is -3.39. The van der Waals surface area contributed by atoms with Crippen molar-refractivity contribution < 1.29 is 19.4 Å². The van der Waals surface area contributed by atoms with Gasteiger partial charge in [0.1, 0.15) is 17.0 Å². The maximum absolute atomic E-state index is 13.4. The molecule has 0 radical (unpaired) electrons. The molecule has 0 aromatic heterocycles. The van der Waals surface area contributed by atoms with E-state index in [4.69, 9.17) is 10.5 Å². The number of nitrogens with one attached hydrogen (secondary N) is 1. The highest BCUT2D eigenvalue weighted by atomic mass is 16.5. The average Bonchev–Trinajstić information content (AvgIpc) is 2.75. The quantitative estimate of drug-likeness (QED) is 0.622.